The van der Waals surface area contributed by atoms with Crippen molar-refractivity contribution in [1.82, 2.24) is 4.90 Å². The Morgan fingerprint density at radius 3 is 2.35 bits per heavy atom. The second-order valence-electron chi connectivity index (χ2n) is 7.49. The van der Waals surface area contributed by atoms with E-state index in [0.717, 1.165) is 31.7 Å². The maximum absolute atomic E-state index is 12.5. The van der Waals surface area contributed by atoms with E-state index in [4.69, 9.17) is 10.5 Å². The molecule has 0 aliphatic rings. The molecule has 130 valence electrons. The molecule has 0 fully saturated rings. The highest BCUT2D eigenvalue weighted by atomic mass is 16.5. The summed E-state index contributed by atoms with van der Waals surface area (Å²) in [6.07, 6.45) is 2.11. The molecule has 0 bridgehead atoms. The predicted molar refractivity (Wildman–Crippen MR) is 95.6 cm³/mol. The number of hydrogen-bond acceptors (Lipinski definition) is 3. The summed E-state index contributed by atoms with van der Waals surface area (Å²) >= 11 is 0. The van der Waals surface area contributed by atoms with Crippen LogP contribution in [-0.4, -0.2) is 37.0 Å². The predicted octanol–water partition coefficient (Wildman–Crippen LogP) is 3.24. The first kappa shape index (κ1) is 19.5. The van der Waals surface area contributed by atoms with Gasteiger partial charge < -0.3 is 15.4 Å². The van der Waals surface area contributed by atoms with Gasteiger partial charge in [0.05, 0.1) is 7.11 Å². The molecule has 0 aromatic heterocycles. The summed E-state index contributed by atoms with van der Waals surface area (Å²) in [6, 6.07) is 8.10. The maximum Gasteiger partial charge on any atom is 0.222 e. The lowest BCUT2D eigenvalue weighted by Gasteiger charge is -2.30. The molecule has 1 aromatic rings. The molecule has 1 amide bonds. The van der Waals surface area contributed by atoms with Gasteiger partial charge in [0.1, 0.15) is 5.75 Å². The van der Waals surface area contributed by atoms with E-state index in [0.29, 0.717) is 6.42 Å². The minimum absolute atomic E-state index is 0.0667. The zero-order valence-corrected chi connectivity index (χ0v) is 15.3. The van der Waals surface area contributed by atoms with Gasteiger partial charge in [-0.1, -0.05) is 32.9 Å². The van der Waals surface area contributed by atoms with Crippen LogP contribution in [0.4, 0.5) is 0 Å². The van der Waals surface area contributed by atoms with Crippen molar-refractivity contribution in [3.63, 3.8) is 0 Å². The Bertz CT molecular complexity index is 475. The molecule has 0 aliphatic carbocycles. The van der Waals surface area contributed by atoms with Gasteiger partial charge in [-0.15, -0.1) is 0 Å². The minimum atomic E-state index is 0.0667. The molecule has 4 heteroatoms. The number of methoxy groups -OCH3 is 1. The molecule has 1 aromatic carbocycles. The Balaban J connectivity index is 2.65. The van der Waals surface area contributed by atoms with Gasteiger partial charge in [-0.25, -0.2) is 0 Å². The molecule has 0 spiro atoms. The van der Waals surface area contributed by atoms with Crippen molar-refractivity contribution in [1.29, 1.82) is 0 Å². The molecule has 2 N–H and O–H groups in total. The largest absolute Gasteiger partial charge is 0.497 e. The summed E-state index contributed by atoms with van der Waals surface area (Å²) in [5.41, 5.74) is 7.08. The molecule has 0 radical (unpaired) electrons. The fourth-order valence-corrected chi connectivity index (χ4v) is 2.43. The van der Waals surface area contributed by atoms with Crippen LogP contribution in [0.5, 0.6) is 5.75 Å². The third-order valence-electron chi connectivity index (χ3n) is 3.66. The first-order valence-corrected chi connectivity index (χ1v) is 8.37. The molecule has 0 heterocycles. The van der Waals surface area contributed by atoms with Crippen molar-refractivity contribution in [3.8, 4) is 5.75 Å². The number of rotatable bonds is 8. The van der Waals surface area contributed by atoms with Gasteiger partial charge in [0.15, 0.2) is 0 Å². The van der Waals surface area contributed by atoms with Crippen molar-refractivity contribution in [2.75, 3.05) is 20.2 Å². The number of hydrogen-bond donors (Lipinski definition) is 1. The number of nitrogens with two attached hydrogens (primary N) is 1. The molecule has 4 nitrogen and oxygen atoms in total. The highest BCUT2D eigenvalue weighted by molar-refractivity contribution is 5.76. The van der Waals surface area contributed by atoms with Crippen LogP contribution >= 0.6 is 0 Å². The SMILES string of the molecule is COc1ccc(CCN(CC(C)(C)C)C(=O)CCC(C)N)cc1. The van der Waals surface area contributed by atoms with E-state index in [9.17, 15) is 4.79 Å². The Kier molecular flexibility index (Phi) is 7.56. The smallest absolute Gasteiger partial charge is 0.222 e. The fraction of sp³-hybridized carbons (Fsp3) is 0.632. The van der Waals surface area contributed by atoms with E-state index in [1.807, 2.05) is 24.0 Å². The second-order valence-corrected chi connectivity index (χ2v) is 7.49. The standard InChI is InChI=1S/C19H32N2O2/c1-15(20)6-11-18(22)21(14-19(2,3)4)13-12-16-7-9-17(23-5)10-8-16/h7-10,15H,6,11-14,20H2,1-5H3. The number of nitrogens with zero attached hydrogens (tertiary/aromatic N) is 1. The normalized spacial score (nSPS) is 12.8. The quantitative estimate of drug-likeness (QED) is 0.800. The Hall–Kier alpha value is -1.55. The van der Waals surface area contributed by atoms with Crippen LogP contribution in [0.1, 0.15) is 46.1 Å². The van der Waals surface area contributed by atoms with E-state index in [1.165, 1.54) is 5.56 Å². The van der Waals surface area contributed by atoms with Crippen LogP contribution in [0.3, 0.4) is 0 Å². The molecule has 1 atom stereocenters. The number of benzene rings is 1. The van der Waals surface area contributed by atoms with Crippen LogP contribution in [0.15, 0.2) is 24.3 Å². The number of amides is 1. The van der Waals surface area contributed by atoms with Crippen LogP contribution in [0.25, 0.3) is 0 Å². The van der Waals surface area contributed by atoms with E-state index in [2.05, 4.69) is 32.9 Å². The van der Waals surface area contributed by atoms with Crippen LogP contribution in [0, 0.1) is 5.41 Å². The first-order valence-electron chi connectivity index (χ1n) is 8.37. The highest BCUT2D eigenvalue weighted by Gasteiger charge is 2.20. The number of carbonyl (C=O) groups is 1. The van der Waals surface area contributed by atoms with Crippen molar-refractivity contribution < 1.29 is 9.53 Å². The third-order valence-corrected chi connectivity index (χ3v) is 3.66. The molecule has 1 unspecified atom stereocenters. The van der Waals surface area contributed by atoms with Gasteiger partial charge in [0, 0.05) is 25.6 Å². The van der Waals surface area contributed by atoms with Gasteiger partial charge in [0.25, 0.3) is 0 Å². The molecule has 1 rings (SSSR count). The fourth-order valence-electron chi connectivity index (χ4n) is 2.43. The van der Waals surface area contributed by atoms with Gasteiger partial charge in [-0.3, -0.25) is 4.79 Å². The Labute approximate surface area is 141 Å². The highest BCUT2D eigenvalue weighted by Crippen LogP contribution is 2.18. The van der Waals surface area contributed by atoms with Gasteiger partial charge in [-0.05, 0) is 42.9 Å². The van der Waals surface area contributed by atoms with Gasteiger partial charge >= 0.3 is 0 Å². The van der Waals surface area contributed by atoms with E-state index in [-0.39, 0.29) is 17.4 Å². The molecule has 23 heavy (non-hydrogen) atoms. The summed E-state index contributed by atoms with van der Waals surface area (Å²) < 4.78 is 5.18. The van der Waals surface area contributed by atoms with Crippen molar-refractivity contribution in [2.24, 2.45) is 11.1 Å². The summed E-state index contributed by atoms with van der Waals surface area (Å²) in [6.45, 7) is 9.92. The van der Waals surface area contributed by atoms with E-state index >= 15 is 0 Å². The Morgan fingerprint density at radius 2 is 1.87 bits per heavy atom. The van der Waals surface area contributed by atoms with E-state index in [1.54, 1.807) is 7.11 Å². The van der Waals surface area contributed by atoms with Crippen LogP contribution < -0.4 is 10.5 Å². The summed E-state index contributed by atoms with van der Waals surface area (Å²) in [7, 11) is 1.66. The molecular formula is C19H32N2O2. The minimum Gasteiger partial charge on any atom is -0.497 e. The van der Waals surface area contributed by atoms with E-state index < -0.39 is 0 Å². The topological polar surface area (TPSA) is 55.6 Å². The van der Waals surface area contributed by atoms with Crippen LogP contribution in [0.2, 0.25) is 0 Å². The molecule has 0 aliphatic heterocycles. The summed E-state index contributed by atoms with van der Waals surface area (Å²) in [4.78, 5) is 14.5. The molecular weight excluding hydrogens is 288 g/mol. The van der Waals surface area contributed by atoms with Crippen molar-refractivity contribution in [2.45, 2.75) is 53.0 Å². The lowest BCUT2D eigenvalue weighted by Crippen LogP contribution is -2.39. The lowest BCUT2D eigenvalue weighted by molar-refractivity contribution is -0.132. The number of ether oxygens (including phenoxy) is 1. The summed E-state index contributed by atoms with van der Waals surface area (Å²) in [5, 5.41) is 0. The average Bonchev–Trinajstić information content (AvgIpc) is 2.48. The summed E-state index contributed by atoms with van der Waals surface area (Å²) in [5.74, 6) is 1.05. The zero-order valence-electron chi connectivity index (χ0n) is 15.3. The zero-order chi connectivity index (χ0) is 17.5. The second kappa shape index (κ2) is 8.92. The van der Waals surface area contributed by atoms with Gasteiger partial charge in [0.2, 0.25) is 5.91 Å². The average molecular weight is 320 g/mol. The first-order chi connectivity index (χ1) is 10.7. The monoisotopic (exact) mass is 320 g/mol. The molecule has 0 saturated heterocycles. The third kappa shape index (κ3) is 8.03. The maximum atomic E-state index is 12.5. The van der Waals surface area contributed by atoms with Crippen LogP contribution in [-0.2, 0) is 11.2 Å². The molecule has 0 saturated carbocycles. The lowest BCUT2D eigenvalue weighted by atomic mass is 9.95. The van der Waals surface area contributed by atoms with Crippen molar-refractivity contribution in [3.05, 3.63) is 29.8 Å². The Morgan fingerprint density at radius 1 is 1.26 bits per heavy atom. The van der Waals surface area contributed by atoms with Crippen molar-refractivity contribution >= 4 is 5.91 Å². The number of carbonyl (C=O) groups excluding carboxylic acids is 1. The van der Waals surface area contributed by atoms with Gasteiger partial charge in [-0.2, -0.15) is 0 Å².